The molecule has 1 aromatic carbocycles. The van der Waals surface area contributed by atoms with Gasteiger partial charge in [-0.3, -0.25) is 15.0 Å². The van der Waals surface area contributed by atoms with E-state index in [-0.39, 0.29) is 0 Å². The molecule has 0 aliphatic carbocycles. The van der Waals surface area contributed by atoms with Crippen LogP contribution in [0.1, 0.15) is 6.92 Å². The summed E-state index contributed by atoms with van der Waals surface area (Å²) in [5, 5.41) is 1.44. The van der Waals surface area contributed by atoms with Gasteiger partial charge in [0.25, 0.3) is 0 Å². The summed E-state index contributed by atoms with van der Waals surface area (Å²) in [5.74, 6) is 0.167. The lowest BCUT2D eigenvalue weighted by molar-refractivity contribution is -0.119. The number of benzene rings is 1. The normalized spacial score (nSPS) is 11.6. The summed E-state index contributed by atoms with van der Waals surface area (Å²) in [6.45, 7) is 1.50. The van der Waals surface area contributed by atoms with Crippen LogP contribution in [-0.2, 0) is 4.79 Å². The fourth-order valence-corrected chi connectivity index (χ4v) is 1.27. The highest BCUT2D eigenvalue weighted by atomic mass is 35.5. The minimum atomic E-state index is -0.752. The summed E-state index contributed by atoms with van der Waals surface area (Å²) in [6, 6.07) is 6.36. The minimum Gasteiger partial charge on any atom is -0.497 e. The van der Waals surface area contributed by atoms with Crippen molar-refractivity contribution in [1.29, 1.82) is 0 Å². The van der Waals surface area contributed by atoms with Gasteiger partial charge in [0, 0.05) is 12.7 Å². The molecule has 0 heterocycles. The van der Waals surface area contributed by atoms with Gasteiger partial charge in [-0.25, -0.2) is 4.79 Å². The molecule has 0 saturated carbocycles. The Labute approximate surface area is 111 Å². The summed E-state index contributed by atoms with van der Waals surface area (Å²) in [7, 11) is 3.12. The summed E-state index contributed by atoms with van der Waals surface area (Å²) in [5.41, 5.74) is 0.642. The SMILES string of the molecule is COc1ccc(N(C)C(=O)NC(=O)C(C)Cl)cc1. The summed E-state index contributed by atoms with van der Waals surface area (Å²) in [4.78, 5) is 24.3. The molecule has 0 aliphatic rings. The van der Waals surface area contributed by atoms with Gasteiger partial charge in [0.05, 0.1) is 7.11 Å². The predicted octanol–water partition coefficient (Wildman–Crippen LogP) is 1.99. The van der Waals surface area contributed by atoms with Crippen molar-refractivity contribution in [2.75, 3.05) is 19.1 Å². The Balaban J connectivity index is 2.70. The molecule has 3 amide bonds. The van der Waals surface area contributed by atoms with Crippen molar-refractivity contribution in [2.24, 2.45) is 0 Å². The molecule has 0 aromatic heterocycles. The number of hydrogen-bond acceptors (Lipinski definition) is 3. The van der Waals surface area contributed by atoms with Crippen molar-refractivity contribution in [2.45, 2.75) is 12.3 Å². The van der Waals surface area contributed by atoms with Gasteiger partial charge < -0.3 is 4.74 Å². The fraction of sp³-hybridized carbons (Fsp3) is 0.333. The van der Waals surface area contributed by atoms with Gasteiger partial charge in [0.2, 0.25) is 5.91 Å². The first-order valence-corrected chi connectivity index (χ1v) is 5.76. The molecule has 0 fully saturated rings. The number of rotatable bonds is 3. The van der Waals surface area contributed by atoms with Gasteiger partial charge in [0.1, 0.15) is 11.1 Å². The van der Waals surface area contributed by atoms with E-state index in [9.17, 15) is 9.59 Å². The maximum atomic E-state index is 11.7. The molecule has 1 rings (SSSR count). The van der Waals surface area contributed by atoms with Crippen LogP contribution in [0.15, 0.2) is 24.3 Å². The molecule has 0 saturated heterocycles. The van der Waals surface area contributed by atoms with Crippen LogP contribution in [0.5, 0.6) is 5.75 Å². The Morgan fingerprint density at radius 2 is 1.89 bits per heavy atom. The Morgan fingerprint density at radius 3 is 2.33 bits per heavy atom. The van der Waals surface area contributed by atoms with E-state index in [0.29, 0.717) is 11.4 Å². The Morgan fingerprint density at radius 1 is 1.33 bits per heavy atom. The maximum Gasteiger partial charge on any atom is 0.328 e. The van der Waals surface area contributed by atoms with E-state index in [1.54, 1.807) is 38.4 Å². The van der Waals surface area contributed by atoms with Gasteiger partial charge >= 0.3 is 6.03 Å². The molecule has 0 radical (unpaired) electrons. The number of ether oxygens (including phenoxy) is 1. The van der Waals surface area contributed by atoms with Crippen LogP contribution >= 0.6 is 11.6 Å². The molecule has 0 aliphatic heterocycles. The second kappa shape index (κ2) is 6.26. The number of alkyl halides is 1. The smallest absolute Gasteiger partial charge is 0.328 e. The molecule has 98 valence electrons. The molecule has 0 spiro atoms. The van der Waals surface area contributed by atoms with Crippen LogP contribution in [0.2, 0.25) is 0 Å². The highest BCUT2D eigenvalue weighted by Gasteiger charge is 2.17. The van der Waals surface area contributed by atoms with Gasteiger partial charge in [-0.1, -0.05) is 0 Å². The van der Waals surface area contributed by atoms with Gasteiger partial charge in [-0.15, -0.1) is 11.6 Å². The van der Waals surface area contributed by atoms with E-state index >= 15 is 0 Å². The second-order valence-corrected chi connectivity index (χ2v) is 4.32. The maximum absolute atomic E-state index is 11.7. The second-order valence-electron chi connectivity index (χ2n) is 3.67. The number of nitrogens with zero attached hydrogens (tertiary/aromatic N) is 1. The number of carbonyl (C=O) groups is 2. The quantitative estimate of drug-likeness (QED) is 0.855. The Hall–Kier alpha value is -1.75. The number of imide groups is 1. The number of anilines is 1. The van der Waals surface area contributed by atoms with E-state index in [0.717, 1.165) is 0 Å². The number of halogens is 1. The van der Waals surface area contributed by atoms with Crippen LogP contribution in [0.25, 0.3) is 0 Å². The predicted molar refractivity (Wildman–Crippen MR) is 70.3 cm³/mol. The van der Waals surface area contributed by atoms with E-state index in [4.69, 9.17) is 16.3 Å². The highest BCUT2D eigenvalue weighted by molar-refractivity contribution is 6.31. The first-order valence-electron chi connectivity index (χ1n) is 5.32. The zero-order valence-corrected chi connectivity index (χ0v) is 11.2. The average molecular weight is 271 g/mol. The molecule has 5 nitrogen and oxygen atoms in total. The number of hydrogen-bond donors (Lipinski definition) is 1. The molecule has 1 aromatic rings. The first kappa shape index (κ1) is 14.3. The van der Waals surface area contributed by atoms with Gasteiger partial charge in [-0.2, -0.15) is 0 Å². The van der Waals surface area contributed by atoms with E-state index in [1.807, 2.05) is 0 Å². The van der Waals surface area contributed by atoms with E-state index < -0.39 is 17.3 Å². The molecule has 1 unspecified atom stereocenters. The topological polar surface area (TPSA) is 58.6 Å². The van der Waals surface area contributed by atoms with Crippen LogP contribution in [0, 0.1) is 0 Å². The monoisotopic (exact) mass is 270 g/mol. The third-order valence-electron chi connectivity index (χ3n) is 2.36. The number of nitrogens with one attached hydrogen (secondary N) is 1. The first-order chi connectivity index (χ1) is 8.45. The van der Waals surface area contributed by atoms with Crippen molar-refractivity contribution < 1.29 is 14.3 Å². The van der Waals surface area contributed by atoms with Crippen LogP contribution in [0.4, 0.5) is 10.5 Å². The van der Waals surface area contributed by atoms with E-state index in [2.05, 4.69) is 5.32 Å². The summed E-state index contributed by atoms with van der Waals surface area (Å²) >= 11 is 5.56. The zero-order chi connectivity index (χ0) is 13.7. The van der Waals surface area contributed by atoms with Crippen LogP contribution in [-0.4, -0.2) is 31.5 Å². The standard InChI is InChI=1S/C12H15ClN2O3/c1-8(13)11(16)14-12(17)15(2)9-4-6-10(18-3)7-5-9/h4-8H,1-3H3,(H,14,16,17). The molecular formula is C12H15ClN2O3. The lowest BCUT2D eigenvalue weighted by atomic mass is 10.3. The molecule has 1 atom stereocenters. The lowest BCUT2D eigenvalue weighted by Crippen LogP contribution is -2.43. The average Bonchev–Trinajstić information content (AvgIpc) is 2.37. The van der Waals surface area contributed by atoms with Gasteiger partial charge in [-0.05, 0) is 31.2 Å². The van der Waals surface area contributed by atoms with Gasteiger partial charge in [0.15, 0.2) is 0 Å². The highest BCUT2D eigenvalue weighted by Crippen LogP contribution is 2.18. The third-order valence-corrected chi connectivity index (χ3v) is 2.55. The Bertz CT molecular complexity index is 431. The number of carbonyl (C=O) groups excluding carboxylic acids is 2. The molecule has 18 heavy (non-hydrogen) atoms. The van der Waals surface area contributed by atoms with Crippen molar-refractivity contribution in [3.8, 4) is 5.75 Å². The van der Waals surface area contributed by atoms with Crippen molar-refractivity contribution >= 4 is 29.2 Å². The number of amides is 3. The number of methoxy groups -OCH3 is 1. The van der Waals surface area contributed by atoms with Crippen molar-refractivity contribution in [3.05, 3.63) is 24.3 Å². The minimum absolute atomic E-state index is 0.526. The fourth-order valence-electron chi connectivity index (χ4n) is 1.21. The largest absolute Gasteiger partial charge is 0.497 e. The summed E-state index contributed by atoms with van der Waals surface area (Å²) < 4.78 is 5.01. The van der Waals surface area contributed by atoms with Crippen LogP contribution < -0.4 is 15.0 Å². The summed E-state index contributed by atoms with van der Waals surface area (Å²) in [6.07, 6.45) is 0. The third kappa shape index (κ3) is 3.63. The zero-order valence-electron chi connectivity index (χ0n) is 10.4. The van der Waals surface area contributed by atoms with E-state index in [1.165, 1.54) is 11.8 Å². The van der Waals surface area contributed by atoms with Crippen molar-refractivity contribution in [1.82, 2.24) is 5.32 Å². The number of urea groups is 1. The Kier molecular flexibility index (Phi) is 4.97. The molecular weight excluding hydrogens is 256 g/mol. The van der Waals surface area contributed by atoms with Crippen molar-refractivity contribution in [3.63, 3.8) is 0 Å². The molecule has 6 heteroatoms. The molecule has 0 bridgehead atoms. The van der Waals surface area contributed by atoms with Crippen LogP contribution in [0.3, 0.4) is 0 Å². The lowest BCUT2D eigenvalue weighted by Gasteiger charge is -2.18. The molecule has 1 N–H and O–H groups in total.